The first kappa shape index (κ1) is 16.9. The molecule has 23 heavy (non-hydrogen) atoms. The number of carbonyl (C=O) groups excluding carboxylic acids is 1. The predicted octanol–water partition coefficient (Wildman–Crippen LogP) is 3.90. The number of hydrogen-bond acceptors (Lipinski definition) is 4. The van der Waals surface area contributed by atoms with E-state index in [9.17, 15) is 4.79 Å². The van der Waals surface area contributed by atoms with Gasteiger partial charge in [0.1, 0.15) is 13.4 Å². The Hall–Kier alpha value is -2.43. The highest BCUT2D eigenvalue weighted by molar-refractivity contribution is 5.97. The fourth-order valence-corrected chi connectivity index (χ4v) is 2.23. The molecule has 0 atom stereocenters. The summed E-state index contributed by atoms with van der Waals surface area (Å²) >= 11 is 0. The lowest BCUT2D eigenvalue weighted by Crippen LogP contribution is -2.11. The number of carbonyl (C=O) groups is 1. The topological polar surface area (TPSA) is 44.8 Å². The van der Waals surface area contributed by atoms with Crippen LogP contribution in [0.5, 0.6) is 0 Å². The molecule has 0 saturated carbocycles. The van der Waals surface area contributed by atoms with E-state index in [0.717, 1.165) is 21.9 Å². The maximum Gasteiger partial charge on any atom is 0.338 e. The maximum atomic E-state index is 12.1. The molecule has 0 unspecified atom stereocenters. The molecule has 0 bridgehead atoms. The predicted molar refractivity (Wildman–Crippen MR) is 92.2 cm³/mol. The Morgan fingerprint density at radius 1 is 1.04 bits per heavy atom. The van der Waals surface area contributed by atoms with E-state index in [1.165, 1.54) is 7.11 Å². The van der Waals surface area contributed by atoms with Crippen LogP contribution in [0.25, 0.3) is 22.9 Å². The van der Waals surface area contributed by atoms with Crippen LogP contribution >= 0.6 is 0 Å². The normalized spacial score (nSPS) is 10.5. The Morgan fingerprint density at radius 2 is 1.74 bits per heavy atom. The lowest BCUT2D eigenvalue weighted by molar-refractivity contribution is -0.0453. The number of ether oxygens (including phenoxy) is 3. The second-order valence-corrected chi connectivity index (χ2v) is 4.90. The van der Waals surface area contributed by atoms with Crippen LogP contribution in [0.3, 0.4) is 0 Å². The molecule has 0 N–H and O–H groups in total. The molecule has 0 aliphatic carbocycles. The van der Waals surface area contributed by atoms with Crippen LogP contribution in [0, 0.1) is 0 Å². The molecule has 4 nitrogen and oxygen atoms in total. The summed E-state index contributed by atoms with van der Waals surface area (Å²) in [5.41, 5.74) is 2.50. The number of esters is 1. The summed E-state index contributed by atoms with van der Waals surface area (Å²) in [5.74, 6) is -0.374. The Kier molecular flexibility index (Phi) is 6.09. The van der Waals surface area contributed by atoms with Gasteiger partial charge >= 0.3 is 5.97 Å². The van der Waals surface area contributed by atoms with Crippen molar-refractivity contribution in [3.05, 3.63) is 60.2 Å². The summed E-state index contributed by atoms with van der Waals surface area (Å²) in [6, 6.07) is 9.47. The van der Waals surface area contributed by atoms with Crippen LogP contribution in [0.1, 0.15) is 21.5 Å². The summed E-state index contributed by atoms with van der Waals surface area (Å²) in [4.78, 5) is 12.1. The molecule has 0 radical (unpaired) electrons. The summed E-state index contributed by atoms with van der Waals surface area (Å²) in [7, 11) is 1.54. The van der Waals surface area contributed by atoms with Crippen LogP contribution in [0.2, 0.25) is 0 Å². The van der Waals surface area contributed by atoms with Gasteiger partial charge in [-0.2, -0.15) is 0 Å². The van der Waals surface area contributed by atoms with Crippen molar-refractivity contribution in [1.29, 1.82) is 0 Å². The minimum atomic E-state index is -0.374. The number of rotatable bonds is 8. The first-order valence-electron chi connectivity index (χ1n) is 7.26. The highest BCUT2D eigenvalue weighted by atomic mass is 16.7. The Labute approximate surface area is 136 Å². The van der Waals surface area contributed by atoms with E-state index >= 15 is 0 Å². The van der Waals surface area contributed by atoms with Gasteiger partial charge in [0.2, 0.25) is 0 Å². The van der Waals surface area contributed by atoms with E-state index in [-0.39, 0.29) is 19.4 Å². The zero-order valence-electron chi connectivity index (χ0n) is 13.2. The number of hydrogen-bond donors (Lipinski definition) is 0. The van der Waals surface area contributed by atoms with Crippen molar-refractivity contribution in [2.24, 2.45) is 0 Å². The van der Waals surface area contributed by atoms with Crippen molar-refractivity contribution in [2.75, 3.05) is 27.1 Å². The van der Waals surface area contributed by atoms with Crippen molar-refractivity contribution in [3.63, 3.8) is 0 Å². The van der Waals surface area contributed by atoms with E-state index < -0.39 is 0 Å². The van der Waals surface area contributed by atoms with Crippen LogP contribution < -0.4 is 0 Å². The van der Waals surface area contributed by atoms with Gasteiger partial charge in [-0.1, -0.05) is 31.4 Å². The third kappa shape index (κ3) is 4.28. The number of benzene rings is 2. The Morgan fingerprint density at radius 3 is 2.39 bits per heavy atom. The molecule has 4 heteroatoms. The van der Waals surface area contributed by atoms with Crippen molar-refractivity contribution >= 4 is 28.9 Å². The average Bonchev–Trinajstić information content (AvgIpc) is 2.59. The molecular formula is C19H20O4. The molecule has 0 amide bonds. The van der Waals surface area contributed by atoms with Gasteiger partial charge < -0.3 is 14.2 Å². The molecule has 0 fully saturated rings. The lowest BCUT2D eigenvalue weighted by Gasteiger charge is -2.08. The van der Waals surface area contributed by atoms with Crippen molar-refractivity contribution in [1.82, 2.24) is 0 Å². The molecule has 0 saturated heterocycles. The second-order valence-electron chi connectivity index (χ2n) is 4.90. The van der Waals surface area contributed by atoms with Gasteiger partial charge in [0.25, 0.3) is 0 Å². The molecule has 0 aliphatic rings. The van der Waals surface area contributed by atoms with E-state index in [1.54, 1.807) is 18.2 Å². The Bertz CT molecular complexity index is 719. The smallest absolute Gasteiger partial charge is 0.338 e. The van der Waals surface area contributed by atoms with Gasteiger partial charge in [0.15, 0.2) is 0 Å². The molecule has 2 aromatic rings. The number of methoxy groups -OCH3 is 1. The third-order valence-corrected chi connectivity index (χ3v) is 3.38. The van der Waals surface area contributed by atoms with Crippen LogP contribution in [0.4, 0.5) is 0 Å². The fourth-order valence-electron chi connectivity index (χ4n) is 2.23. The van der Waals surface area contributed by atoms with Crippen molar-refractivity contribution in [3.8, 4) is 0 Å². The van der Waals surface area contributed by atoms with Gasteiger partial charge in [-0.25, -0.2) is 4.79 Å². The lowest BCUT2D eigenvalue weighted by atomic mass is 9.99. The molecule has 0 spiro atoms. The monoisotopic (exact) mass is 312 g/mol. The Balaban J connectivity index is 2.14. The zero-order chi connectivity index (χ0) is 16.7. The molecule has 0 aromatic heterocycles. The quantitative estimate of drug-likeness (QED) is 0.421. The fraction of sp³-hybridized carbons (Fsp3) is 0.211. The minimum absolute atomic E-state index is 0.184. The highest BCUT2D eigenvalue weighted by Crippen LogP contribution is 2.23. The molecule has 2 aromatic carbocycles. The van der Waals surface area contributed by atoms with Gasteiger partial charge in [-0.15, -0.1) is 0 Å². The molecule has 2 rings (SSSR count). The van der Waals surface area contributed by atoms with E-state index in [0.29, 0.717) is 12.2 Å². The van der Waals surface area contributed by atoms with Gasteiger partial charge in [-0.3, -0.25) is 0 Å². The van der Waals surface area contributed by atoms with Crippen LogP contribution in [0.15, 0.2) is 43.5 Å². The third-order valence-electron chi connectivity index (χ3n) is 3.38. The molecule has 0 aliphatic heterocycles. The summed E-state index contributed by atoms with van der Waals surface area (Å²) in [5, 5.41) is 1.99. The molecular weight excluding hydrogens is 292 g/mol. The van der Waals surface area contributed by atoms with Crippen LogP contribution in [-0.2, 0) is 14.2 Å². The van der Waals surface area contributed by atoms with Crippen molar-refractivity contribution < 1.29 is 19.0 Å². The SMILES string of the molecule is C=Cc1cc2ccc(C(=O)OCCOCOC)cc2cc1C=C. The van der Waals surface area contributed by atoms with E-state index in [1.807, 2.05) is 24.3 Å². The molecule has 120 valence electrons. The first-order valence-corrected chi connectivity index (χ1v) is 7.26. The van der Waals surface area contributed by atoms with Gasteiger partial charge in [0, 0.05) is 7.11 Å². The van der Waals surface area contributed by atoms with Gasteiger partial charge in [0.05, 0.1) is 12.2 Å². The maximum absolute atomic E-state index is 12.1. The summed E-state index contributed by atoms with van der Waals surface area (Å²) in [6.07, 6.45) is 3.56. The highest BCUT2D eigenvalue weighted by Gasteiger charge is 2.09. The van der Waals surface area contributed by atoms with Gasteiger partial charge in [-0.05, 0) is 46.2 Å². The van der Waals surface area contributed by atoms with Crippen LogP contribution in [-0.4, -0.2) is 33.1 Å². The summed E-state index contributed by atoms with van der Waals surface area (Å²) < 4.78 is 15.0. The zero-order valence-corrected chi connectivity index (χ0v) is 13.2. The minimum Gasteiger partial charge on any atom is -0.460 e. The van der Waals surface area contributed by atoms with Crippen molar-refractivity contribution in [2.45, 2.75) is 0 Å². The average molecular weight is 312 g/mol. The second kappa shape index (κ2) is 8.27. The standard InChI is InChI=1S/C19H20O4/c1-4-14-10-16-6-7-17(12-18(16)11-15(14)5-2)19(20)23-9-8-22-13-21-3/h4-7,10-12H,1-2,8-9,13H2,3H3. The summed E-state index contributed by atoms with van der Waals surface area (Å²) in [6.45, 7) is 8.28. The largest absolute Gasteiger partial charge is 0.460 e. The van der Waals surface area contributed by atoms with E-state index in [4.69, 9.17) is 14.2 Å². The van der Waals surface area contributed by atoms with E-state index in [2.05, 4.69) is 13.2 Å². The first-order chi connectivity index (χ1) is 11.2. The number of fused-ring (bicyclic) bond motifs is 1. The molecule has 0 heterocycles.